The van der Waals surface area contributed by atoms with Crippen LogP contribution in [-0.2, 0) is 14.8 Å². The van der Waals surface area contributed by atoms with Crippen LogP contribution in [0.1, 0.15) is 23.2 Å². The van der Waals surface area contributed by atoms with Crippen molar-refractivity contribution in [2.45, 2.75) is 17.7 Å². The second-order valence-corrected chi connectivity index (χ2v) is 10.5. The number of halogens is 1. The van der Waals surface area contributed by atoms with Crippen molar-refractivity contribution < 1.29 is 17.9 Å². The summed E-state index contributed by atoms with van der Waals surface area (Å²) in [5, 5.41) is 3.56. The minimum absolute atomic E-state index is 0.105. The van der Waals surface area contributed by atoms with E-state index in [-0.39, 0.29) is 5.91 Å². The summed E-state index contributed by atoms with van der Waals surface area (Å²) in [6.07, 6.45) is 1.92. The van der Waals surface area contributed by atoms with Crippen LogP contribution in [0.15, 0.2) is 53.4 Å². The average molecular weight is 478 g/mol. The summed E-state index contributed by atoms with van der Waals surface area (Å²) in [5.41, 5.74) is 1.59. The van der Waals surface area contributed by atoms with E-state index in [9.17, 15) is 13.2 Å². The summed E-state index contributed by atoms with van der Waals surface area (Å²) in [5.74, 6) is 0.308. The van der Waals surface area contributed by atoms with Gasteiger partial charge in [0.25, 0.3) is 5.91 Å². The molecule has 2 aliphatic rings. The first-order valence-electron chi connectivity index (χ1n) is 10.9. The largest absolute Gasteiger partial charge is 0.379 e. The van der Waals surface area contributed by atoms with Crippen molar-refractivity contribution in [3.05, 3.63) is 59.1 Å². The van der Waals surface area contributed by atoms with Crippen LogP contribution < -0.4 is 10.2 Å². The maximum absolute atomic E-state index is 12.8. The minimum atomic E-state index is -3.47. The molecule has 2 aliphatic heterocycles. The predicted octanol–water partition coefficient (Wildman–Crippen LogP) is 3.01. The third-order valence-electron chi connectivity index (χ3n) is 6.06. The molecule has 2 fully saturated rings. The molecule has 2 aromatic rings. The van der Waals surface area contributed by atoms with Crippen molar-refractivity contribution in [1.29, 1.82) is 0 Å². The molecule has 0 bridgehead atoms. The molecule has 0 radical (unpaired) electrons. The Balaban J connectivity index is 1.28. The predicted molar refractivity (Wildman–Crippen MR) is 125 cm³/mol. The molecule has 32 heavy (non-hydrogen) atoms. The summed E-state index contributed by atoms with van der Waals surface area (Å²) < 4.78 is 32.3. The van der Waals surface area contributed by atoms with E-state index in [0.717, 1.165) is 31.6 Å². The Hall–Kier alpha value is -2.13. The second kappa shape index (κ2) is 10.2. The van der Waals surface area contributed by atoms with Gasteiger partial charge in [0.2, 0.25) is 10.0 Å². The fraction of sp³-hybridized carbons (Fsp3) is 0.435. The topological polar surface area (TPSA) is 79.0 Å². The van der Waals surface area contributed by atoms with Crippen molar-refractivity contribution in [2.24, 2.45) is 5.92 Å². The zero-order valence-corrected chi connectivity index (χ0v) is 19.4. The molecule has 1 N–H and O–H groups in total. The smallest absolute Gasteiger partial charge is 0.251 e. The lowest BCUT2D eigenvalue weighted by Gasteiger charge is -2.34. The first-order chi connectivity index (χ1) is 15.4. The fourth-order valence-corrected chi connectivity index (χ4v) is 5.73. The van der Waals surface area contributed by atoms with Gasteiger partial charge in [-0.15, -0.1) is 0 Å². The van der Waals surface area contributed by atoms with Gasteiger partial charge in [0.15, 0.2) is 0 Å². The van der Waals surface area contributed by atoms with Gasteiger partial charge in [-0.1, -0.05) is 17.7 Å². The number of nitrogens with one attached hydrogen (secondary N) is 1. The van der Waals surface area contributed by atoms with Crippen molar-refractivity contribution in [1.82, 2.24) is 9.62 Å². The van der Waals surface area contributed by atoms with Crippen LogP contribution >= 0.6 is 11.6 Å². The zero-order chi connectivity index (χ0) is 22.6. The number of hydrogen-bond acceptors (Lipinski definition) is 5. The van der Waals surface area contributed by atoms with Crippen LogP contribution in [-0.4, -0.2) is 64.6 Å². The Kier molecular flexibility index (Phi) is 7.35. The van der Waals surface area contributed by atoms with Gasteiger partial charge in [-0.2, -0.15) is 4.31 Å². The fourth-order valence-electron chi connectivity index (χ4n) is 4.13. The van der Waals surface area contributed by atoms with E-state index in [1.807, 2.05) is 12.1 Å². The van der Waals surface area contributed by atoms with Gasteiger partial charge in [0.05, 0.1) is 18.1 Å². The molecule has 0 aliphatic carbocycles. The van der Waals surface area contributed by atoms with Crippen molar-refractivity contribution >= 4 is 33.2 Å². The molecule has 2 aromatic carbocycles. The Morgan fingerprint density at radius 1 is 1.03 bits per heavy atom. The standard InChI is InChI=1S/C23H28ClN3O4S/c24-20-3-1-2-19(16-20)23(28)25-17-18-8-10-26(11-9-18)21-4-6-22(7-5-21)32(29,30)27-12-14-31-15-13-27/h1-7,16,18H,8-15,17H2,(H,25,28). The first kappa shape index (κ1) is 23.0. The Labute approximate surface area is 194 Å². The van der Waals surface area contributed by atoms with Gasteiger partial charge in [-0.3, -0.25) is 4.79 Å². The lowest BCUT2D eigenvalue weighted by molar-refractivity contribution is 0.0730. The number of benzene rings is 2. The van der Waals surface area contributed by atoms with Gasteiger partial charge in [-0.25, -0.2) is 8.42 Å². The lowest BCUT2D eigenvalue weighted by Crippen LogP contribution is -2.40. The van der Waals surface area contributed by atoms with Crippen LogP contribution in [0.3, 0.4) is 0 Å². The summed E-state index contributed by atoms with van der Waals surface area (Å²) in [6.45, 7) is 4.03. The second-order valence-electron chi connectivity index (χ2n) is 8.16. The summed E-state index contributed by atoms with van der Waals surface area (Å²) >= 11 is 5.96. The molecule has 0 unspecified atom stereocenters. The number of rotatable bonds is 6. The van der Waals surface area contributed by atoms with Gasteiger partial charge in [0, 0.05) is 49.0 Å². The SMILES string of the molecule is O=C(NCC1CCN(c2ccc(S(=O)(=O)N3CCOCC3)cc2)CC1)c1cccc(Cl)c1. The number of nitrogens with zero attached hydrogens (tertiary/aromatic N) is 2. The number of piperidine rings is 1. The highest BCUT2D eigenvalue weighted by atomic mass is 35.5. The maximum Gasteiger partial charge on any atom is 0.251 e. The highest BCUT2D eigenvalue weighted by Gasteiger charge is 2.27. The number of anilines is 1. The molecule has 9 heteroatoms. The van der Waals surface area contributed by atoms with Crippen molar-refractivity contribution in [2.75, 3.05) is 50.8 Å². The number of morpholine rings is 1. The Morgan fingerprint density at radius 2 is 1.72 bits per heavy atom. The molecule has 0 aromatic heterocycles. The summed E-state index contributed by atoms with van der Waals surface area (Å²) in [4.78, 5) is 14.9. The number of sulfonamides is 1. The zero-order valence-electron chi connectivity index (χ0n) is 17.9. The molecule has 2 saturated heterocycles. The summed E-state index contributed by atoms with van der Waals surface area (Å²) in [7, 11) is -3.47. The molecule has 4 rings (SSSR count). The van der Waals surface area contributed by atoms with Crippen LogP contribution in [0.4, 0.5) is 5.69 Å². The van der Waals surface area contributed by atoms with E-state index in [0.29, 0.717) is 54.2 Å². The van der Waals surface area contributed by atoms with Crippen molar-refractivity contribution in [3.8, 4) is 0 Å². The van der Waals surface area contributed by atoms with Gasteiger partial charge < -0.3 is 15.0 Å². The monoisotopic (exact) mass is 477 g/mol. The van der Waals surface area contributed by atoms with E-state index in [1.165, 1.54) is 4.31 Å². The van der Waals surface area contributed by atoms with E-state index in [2.05, 4.69) is 10.2 Å². The number of ether oxygens (including phenoxy) is 1. The number of amides is 1. The molecule has 7 nitrogen and oxygen atoms in total. The third kappa shape index (κ3) is 5.43. The Bertz CT molecular complexity index is 1030. The number of carbonyl (C=O) groups is 1. The normalized spacial score (nSPS) is 18.5. The maximum atomic E-state index is 12.8. The highest BCUT2D eigenvalue weighted by molar-refractivity contribution is 7.89. The summed E-state index contributed by atoms with van der Waals surface area (Å²) in [6, 6.07) is 14.1. The van der Waals surface area contributed by atoms with E-state index in [4.69, 9.17) is 16.3 Å². The van der Waals surface area contributed by atoms with Crippen LogP contribution in [0.25, 0.3) is 0 Å². The number of carbonyl (C=O) groups excluding carboxylic acids is 1. The minimum Gasteiger partial charge on any atom is -0.379 e. The highest BCUT2D eigenvalue weighted by Crippen LogP contribution is 2.25. The Morgan fingerprint density at radius 3 is 2.38 bits per heavy atom. The molecular formula is C23H28ClN3O4S. The first-order valence-corrected chi connectivity index (χ1v) is 12.7. The molecule has 0 atom stereocenters. The van der Waals surface area contributed by atoms with E-state index < -0.39 is 10.0 Å². The van der Waals surface area contributed by atoms with Crippen LogP contribution in [0, 0.1) is 5.92 Å². The van der Waals surface area contributed by atoms with Crippen LogP contribution in [0.2, 0.25) is 5.02 Å². The molecule has 172 valence electrons. The number of hydrogen-bond donors (Lipinski definition) is 1. The van der Waals surface area contributed by atoms with Crippen LogP contribution in [0.5, 0.6) is 0 Å². The quantitative estimate of drug-likeness (QED) is 0.692. The average Bonchev–Trinajstić information content (AvgIpc) is 2.83. The van der Waals surface area contributed by atoms with Gasteiger partial charge >= 0.3 is 0 Å². The third-order valence-corrected chi connectivity index (χ3v) is 8.21. The van der Waals surface area contributed by atoms with Gasteiger partial charge in [0.1, 0.15) is 0 Å². The van der Waals surface area contributed by atoms with Gasteiger partial charge in [-0.05, 0) is 61.2 Å². The molecule has 0 spiro atoms. The molecular weight excluding hydrogens is 450 g/mol. The molecule has 1 amide bonds. The van der Waals surface area contributed by atoms with E-state index >= 15 is 0 Å². The van der Waals surface area contributed by atoms with Crippen molar-refractivity contribution in [3.63, 3.8) is 0 Å². The molecule has 2 heterocycles. The van der Waals surface area contributed by atoms with E-state index in [1.54, 1.807) is 36.4 Å². The molecule has 0 saturated carbocycles. The lowest BCUT2D eigenvalue weighted by atomic mass is 9.96.